The van der Waals surface area contributed by atoms with E-state index in [2.05, 4.69) is 30.8 Å². The number of amides is 3. The maximum absolute atomic E-state index is 15.7. The number of pyridine rings is 1. The van der Waals surface area contributed by atoms with Gasteiger partial charge in [-0.25, -0.2) is 44.8 Å². The van der Waals surface area contributed by atoms with Gasteiger partial charge in [0.2, 0.25) is 34.5 Å². The van der Waals surface area contributed by atoms with Crippen molar-refractivity contribution in [2.45, 2.75) is 129 Å². The van der Waals surface area contributed by atoms with Crippen LogP contribution in [0.2, 0.25) is 5.02 Å². The Bertz CT molecular complexity index is 3890. The van der Waals surface area contributed by atoms with Gasteiger partial charge in [0.05, 0.1) is 63.5 Å². The lowest BCUT2D eigenvalue weighted by molar-refractivity contribution is -0.139. The van der Waals surface area contributed by atoms with E-state index in [0.717, 1.165) is 39.6 Å². The van der Waals surface area contributed by atoms with Crippen LogP contribution in [0.25, 0.3) is 27.6 Å². The summed E-state index contributed by atoms with van der Waals surface area (Å²) in [7, 11) is -7.78. The highest BCUT2D eigenvalue weighted by molar-refractivity contribution is 7.92. The summed E-state index contributed by atoms with van der Waals surface area (Å²) in [5, 5.41) is 12.0. The highest BCUT2D eigenvalue weighted by Gasteiger charge is 2.67. The SMILES string of the molecule is Cn1nc(N(C(=O)CC(C)(C)CNC(=O)OCOP(=O)(OC(C)(C)C)OC(C)(C)C)S(C)(=O)=O)c2c(Cl)ccc(-n3c([C@H](Cc4cc(F)cc(F)c4)NC(=O)Cn4nc(C(F)F)c5c4C(F)(F)[C@@H]4C[C@H]54)nc4nc(OCCC(F)(F)F)ccc4c3=O)c21. The Morgan fingerprint density at radius 3 is 2.18 bits per heavy atom. The number of halogens is 10. The highest BCUT2D eigenvalue weighted by atomic mass is 35.5. The molecule has 4 aromatic heterocycles. The molecule has 0 unspecified atom stereocenters. The van der Waals surface area contributed by atoms with Crippen molar-refractivity contribution in [2.75, 3.05) is 30.5 Å². The number of phosphoric ester groups is 1. The van der Waals surface area contributed by atoms with E-state index in [9.17, 15) is 58.1 Å². The third-order valence-electron chi connectivity index (χ3n) is 13.2. The molecule has 8 rings (SSSR count). The molecule has 22 nitrogen and oxygen atoms in total. The van der Waals surface area contributed by atoms with Crippen molar-refractivity contribution >= 4 is 75.1 Å². The van der Waals surface area contributed by atoms with Crippen molar-refractivity contribution in [1.29, 1.82) is 0 Å². The molecule has 0 saturated heterocycles. The number of fused-ring (bicyclic) bond motifs is 5. The maximum atomic E-state index is 15.7. The van der Waals surface area contributed by atoms with Crippen LogP contribution in [0.4, 0.5) is 50.1 Å². The number of hydrogen-bond donors (Lipinski definition) is 2. The molecule has 2 aliphatic carbocycles. The van der Waals surface area contributed by atoms with Gasteiger partial charge >= 0.3 is 20.1 Å². The Morgan fingerprint density at radius 1 is 0.943 bits per heavy atom. The minimum absolute atomic E-state index is 0.109. The van der Waals surface area contributed by atoms with Crippen molar-refractivity contribution in [3.63, 3.8) is 0 Å². The van der Waals surface area contributed by atoms with Gasteiger partial charge in [-0.1, -0.05) is 25.4 Å². The molecule has 0 bridgehead atoms. The summed E-state index contributed by atoms with van der Waals surface area (Å²) in [6.07, 6.45) is -11.4. The number of alkyl halides is 7. The number of aryl methyl sites for hydroxylation is 1. The van der Waals surface area contributed by atoms with Crippen LogP contribution < -0.4 is 25.2 Å². The number of nitrogens with zero attached hydrogens (tertiary/aromatic N) is 8. The first-order chi connectivity index (χ1) is 40.0. The average molecular weight is 1300 g/mol. The van der Waals surface area contributed by atoms with Crippen LogP contribution in [0.3, 0.4) is 0 Å². The zero-order valence-electron chi connectivity index (χ0n) is 48.1. The summed E-state index contributed by atoms with van der Waals surface area (Å²) in [4.78, 5) is 65.7. The molecule has 87 heavy (non-hydrogen) atoms. The highest BCUT2D eigenvalue weighted by Crippen LogP contribution is 2.68. The molecule has 474 valence electrons. The molecule has 0 radical (unpaired) electrons. The van der Waals surface area contributed by atoms with Crippen LogP contribution in [0, 0.1) is 23.0 Å². The summed E-state index contributed by atoms with van der Waals surface area (Å²) in [5.74, 6) is -12.4. The molecular formula is C53H59ClF9N10O12PS. The number of phosphoric acid groups is 1. The van der Waals surface area contributed by atoms with E-state index in [1.165, 1.54) is 27.0 Å². The quantitative estimate of drug-likeness (QED) is 0.0364. The van der Waals surface area contributed by atoms with Gasteiger partial charge < -0.3 is 20.1 Å². The Labute approximate surface area is 495 Å². The zero-order chi connectivity index (χ0) is 64.5. The number of sulfonamides is 1. The molecule has 6 aromatic rings. The van der Waals surface area contributed by atoms with E-state index in [-0.39, 0.29) is 40.1 Å². The Kier molecular flexibility index (Phi) is 18.2. The lowest BCUT2D eigenvalue weighted by Gasteiger charge is -2.30. The average Bonchev–Trinajstić information content (AvgIpc) is 1.76. The van der Waals surface area contributed by atoms with E-state index in [1.54, 1.807) is 41.5 Å². The molecule has 2 aliphatic rings. The Balaban J connectivity index is 1.19. The Hall–Kier alpha value is -6.86. The van der Waals surface area contributed by atoms with Crippen molar-refractivity contribution in [3.05, 3.63) is 97.8 Å². The fourth-order valence-corrected chi connectivity index (χ4v) is 12.7. The molecule has 0 spiro atoms. The van der Waals surface area contributed by atoms with Crippen LogP contribution in [0.1, 0.15) is 121 Å². The van der Waals surface area contributed by atoms with Crippen LogP contribution in [0.5, 0.6) is 5.88 Å². The number of alkyl carbamates (subject to hydrolysis) is 1. The second kappa shape index (κ2) is 23.9. The normalized spacial score (nSPS) is 16.5. The smallest absolute Gasteiger partial charge is 0.477 e. The topological polar surface area (TPSA) is 259 Å². The summed E-state index contributed by atoms with van der Waals surface area (Å²) in [6.45, 7) is 9.10. The zero-order valence-corrected chi connectivity index (χ0v) is 50.6. The van der Waals surface area contributed by atoms with E-state index in [1.807, 2.05) is 0 Å². The molecule has 2 N–H and O–H groups in total. The number of benzene rings is 2. The second-order valence-corrected chi connectivity index (χ2v) is 27.3. The van der Waals surface area contributed by atoms with E-state index >= 15 is 13.6 Å². The molecule has 2 aromatic carbocycles. The monoisotopic (exact) mass is 1300 g/mol. The summed E-state index contributed by atoms with van der Waals surface area (Å²) >= 11 is 6.86. The van der Waals surface area contributed by atoms with E-state index in [0.29, 0.717) is 21.3 Å². The van der Waals surface area contributed by atoms with Crippen LogP contribution >= 0.6 is 19.4 Å². The minimum Gasteiger partial charge on any atom is -0.477 e. The predicted molar refractivity (Wildman–Crippen MR) is 294 cm³/mol. The van der Waals surface area contributed by atoms with Crippen molar-refractivity contribution < 1.29 is 89.9 Å². The van der Waals surface area contributed by atoms with Gasteiger partial charge in [0, 0.05) is 50.0 Å². The molecule has 34 heteroatoms. The second-order valence-electron chi connectivity index (χ2n) is 23.5. The van der Waals surface area contributed by atoms with Crippen molar-refractivity contribution in [2.24, 2.45) is 18.4 Å². The van der Waals surface area contributed by atoms with Crippen molar-refractivity contribution in [3.8, 4) is 11.6 Å². The van der Waals surface area contributed by atoms with Crippen molar-refractivity contribution in [1.82, 2.24) is 44.7 Å². The Morgan fingerprint density at radius 2 is 1.59 bits per heavy atom. The fourth-order valence-electron chi connectivity index (χ4n) is 9.92. The number of carbonyl (C=O) groups is 3. The first kappa shape index (κ1) is 66.1. The minimum atomic E-state index is -4.72. The molecule has 1 fully saturated rings. The molecule has 0 aliphatic heterocycles. The molecule has 4 heterocycles. The molecule has 3 amide bonds. The number of aromatic nitrogens is 7. The van der Waals surface area contributed by atoms with E-state index in [4.69, 9.17) is 34.6 Å². The molecular weight excluding hydrogens is 1240 g/mol. The first-order valence-corrected chi connectivity index (χ1v) is 30.1. The first-order valence-electron chi connectivity index (χ1n) is 26.5. The predicted octanol–water partition coefficient (Wildman–Crippen LogP) is 10.5. The lowest BCUT2D eigenvalue weighted by Crippen LogP contribution is -2.42. The summed E-state index contributed by atoms with van der Waals surface area (Å²) < 4.78 is 200. The van der Waals surface area contributed by atoms with Crippen LogP contribution in [-0.4, -0.2) is 104 Å². The maximum Gasteiger partial charge on any atom is 0.478 e. The van der Waals surface area contributed by atoms with Gasteiger partial charge in [0.15, 0.2) is 11.5 Å². The van der Waals surface area contributed by atoms with Gasteiger partial charge in [0.1, 0.15) is 35.4 Å². The van der Waals surface area contributed by atoms with Gasteiger partial charge in [-0.3, -0.25) is 37.4 Å². The van der Waals surface area contributed by atoms with Gasteiger partial charge in [-0.15, -0.1) is 0 Å². The standard InChI is InChI=1S/C53H59ClF9N10O12PS/c1-49(2,3)84-86(78,85-50(4,5)6)83-25-82-48(77)64-24-51(7,8)22-37(75)73(87(10,79)80)46-39-32(54)12-13-34(41(39)70(9)69-46)72-45(67-44-29(47(72)76)11-14-36(66-44)81-16-15-52(59,60)61)33(19-26-17-27(55)20-28(56)18-26)65-35(74)23-71-42-38(40(68-71)43(57)58)30-21-31(30)53(42,62)63/h11-14,17-18,20,30-31,33,43H,15-16,19,21-25H2,1-10H3,(H,64,77)(H,65,74)/t30-,31+,33-/m0/s1. The number of ether oxygens (including phenoxy) is 2. The van der Waals surface area contributed by atoms with Gasteiger partial charge in [0.25, 0.3) is 17.9 Å². The number of hydrogen-bond acceptors (Lipinski definition) is 16. The van der Waals surface area contributed by atoms with E-state index < -0.39 is 191 Å². The number of carbonyl (C=O) groups excluding carboxylic acids is 3. The summed E-state index contributed by atoms with van der Waals surface area (Å²) in [5.41, 5.74) is -8.10. The molecule has 3 atom stereocenters. The molecule has 1 saturated carbocycles. The fraction of sp³-hybridized carbons (Fsp3) is 0.509. The summed E-state index contributed by atoms with van der Waals surface area (Å²) in [6, 6.07) is 4.77. The van der Waals surface area contributed by atoms with Crippen LogP contribution in [-0.2, 0) is 68.4 Å². The number of nitrogens with one attached hydrogen (secondary N) is 2. The lowest BCUT2D eigenvalue weighted by atomic mass is 9.89. The third kappa shape index (κ3) is 15.2. The largest absolute Gasteiger partial charge is 0.478 e. The van der Waals surface area contributed by atoms with Gasteiger partial charge in [-0.2, -0.15) is 41.4 Å². The van der Waals surface area contributed by atoms with Crippen LogP contribution in [0.15, 0.2) is 47.3 Å². The third-order valence-corrected chi connectivity index (χ3v) is 16.6. The number of rotatable bonds is 22. The number of anilines is 1. The van der Waals surface area contributed by atoms with Gasteiger partial charge in [-0.05, 0) is 95.2 Å².